The van der Waals surface area contributed by atoms with Crippen molar-refractivity contribution in [1.82, 2.24) is 15.5 Å². The molecule has 1 saturated heterocycles. The first kappa shape index (κ1) is 20.4. The van der Waals surface area contributed by atoms with Crippen LogP contribution in [0, 0.1) is 5.82 Å². The fourth-order valence-electron chi connectivity index (χ4n) is 2.92. The second-order valence-corrected chi connectivity index (χ2v) is 6.35. The third-order valence-corrected chi connectivity index (χ3v) is 4.43. The summed E-state index contributed by atoms with van der Waals surface area (Å²) < 4.78 is 18.7. The number of ether oxygens (including phenoxy) is 1. The van der Waals surface area contributed by atoms with Gasteiger partial charge in [-0.15, -0.1) is 24.0 Å². The summed E-state index contributed by atoms with van der Waals surface area (Å²) in [4.78, 5) is 7.16. The molecule has 0 radical (unpaired) electrons. The van der Waals surface area contributed by atoms with Crippen LogP contribution in [0.5, 0.6) is 0 Å². The Kier molecular flexibility index (Phi) is 8.38. The highest BCUT2D eigenvalue weighted by atomic mass is 127. The summed E-state index contributed by atoms with van der Waals surface area (Å²) in [5.74, 6) is 0.673. The lowest BCUT2D eigenvalue weighted by Crippen LogP contribution is -2.42. The van der Waals surface area contributed by atoms with E-state index in [-0.39, 0.29) is 35.8 Å². The van der Waals surface area contributed by atoms with Crippen molar-refractivity contribution >= 4 is 29.9 Å². The number of aliphatic imine (C=N–C) groups is 1. The van der Waals surface area contributed by atoms with Crippen molar-refractivity contribution in [3.05, 3.63) is 35.6 Å². The first-order valence-corrected chi connectivity index (χ1v) is 8.88. The Morgan fingerprint density at radius 2 is 1.96 bits per heavy atom. The fourth-order valence-corrected chi connectivity index (χ4v) is 2.92. The molecule has 0 amide bonds. The molecule has 1 heterocycles. The minimum atomic E-state index is -0.202. The Labute approximate surface area is 166 Å². The number of hydrogen-bond acceptors (Lipinski definition) is 3. The molecule has 3 rings (SSSR count). The lowest BCUT2D eigenvalue weighted by Gasteiger charge is -2.34. The summed E-state index contributed by atoms with van der Waals surface area (Å²) in [5.41, 5.74) is 1.10. The van der Waals surface area contributed by atoms with Crippen LogP contribution < -0.4 is 10.6 Å². The highest BCUT2D eigenvalue weighted by Crippen LogP contribution is 2.23. The topological polar surface area (TPSA) is 48.9 Å². The Morgan fingerprint density at radius 1 is 1.28 bits per heavy atom. The molecule has 1 aliphatic carbocycles. The first-order valence-electron chi connectivity index (χ1n) is 8.88. The molecule has 1 aromatic rings. The Balaban J connectivity index is 0.00000225. The number of nitrogens with one attached hydrogen (secondary N) is 2. The maximum atomic E-state index is 13.3. The molecule has 7 heteroatoms. The van der Waals surface area contributed by atoms with E-state index in [2.05, 4.69) is 22.5 Å². The van der Waals surface area contributed by atoms with Gasteiger partial charge in [0.1, 0.15) is 5.82 Å². The van der Waals surface area contributed by atoms with Crippen LogP contribution in [-0.4, -0.2) is 56.3 Å². The number of halogens is 2. The van der Waals surface area contributed by atoms with Gasteiger partial charge in [0, 0.05) is 25.7 Å². The molecule has 25 heavy (non-hydrogen) atoms. The van der Waals surface area contributed by atoms with Crippen molar-refractivity contribution < 1.29 is 9.13 Å². The first-order chi connectivity index (χ1) is 11.8. The van der Waals surface area contributed by atoms with Crippen LogP contribution in [-0.2, 0) is 4.74 Å². The SMILES string of the molecule is CCNC(=NCC(c1ccc(F)cc1)N1CCOCC1)NC1CC1.I. The maximum absolute atomic E-state index is 13.3. The molecular formula is C18H28FIN4O. The van der Waals surface area contributed by atoms with Gasteiger partial charge >= 0.3 is 0 Å². The second kappa shape index (κ2) is 10.3. The standard InChI is InChI=1S/C18H27FN4O.HI/c1-2-20-18(22-16-7-8-16)21-13-17(23-9-11-24-12-10-23)14-3-5-15(19)6-4-14;/h3-6,16-17H,2,7-13H2,1H3,(H2,20,21,22);1H. The van der Waals surface area contributed by atoms with E-state index in [0.29, 0.717) is 12.6 Å². The molecule has 2 fully saturated rings. The number of nitrogens with zero attached hydrogens (tertiary/aromatic N) is 2. The van der Waals surface area contributed by atoms with Gasteiger partial charge in [-0.3, -0.25) is 9.89 Å². The zero-order chi connectivity index (χ0) is 16.8. The Morgan fingerprint density at radius 3 is 2.56 bits per heavy atom. The molecule has 0 spiro atoms. The van der Waals surface area contributed by atoms with E-state index in [9.17, 15) is 4.39 Å². The molecule has 1 unspecified atom stereocenters. The summed E-state index contributed by atoms with van der Waals surface area (Å²) in [6, 6.07) is 7.50. The predicted octanol–water partition coefficient (Wildman–Crippen LogP) is 2.53. The van der Waals surface area contributed by atoms with Gasteiger partial charge in [-0.2, -0.15) is 0 Å². The molecule has 1 aromatic carbocycles. The maximum Gasteiger partial charge on any atom is 0.191 e. The lowest BCUT2D eigenvalue weighted by atomic mass is 10.0. The van der Waals surface area contributed by atoms with E-state index in [0.717, 1.165) is 44.4 Å². The van der Waals surface area contributed by atoms with Gasteiger partial charge in [-0.25, -0.2) is 4.39 Å². The molecule has 0 bridgehead atoms. The minimum absolute atomic E-state index is 0. The van der Waals surface area contributed by atoms with Gasteiger partial charge < -0.3 is 15.4 Å². The average Bonchev–Trinajstić information content (AvgIpc) is 3.42. The summed E-state index contributed by atoms with van der Waals surface area (Å²) in [6.45, 7) is 6.80. The summed E-state index contributed by atoms with van der Waals surface area (Å²) in [6.07, 6.45) is 2.44. The van der Waals surface area contributed by atoms with Crippen LogP contribution in [0.1, 0.15) is 31.4 Å². The molecule has 2 aliphatic rings. The summed E-state index contributed by atoms with van der Waals surface area (Å²) in [7, 11) is 0. The molecule has 1 saturated carbocycles. The van der Waals surface area contributed by atoms with Crippen molar-refractivity contribution in [2.75, 3.05) is 39.4 Å². The van der Waals surface area contributed by atoms with Gasteiger partial charge in [0.25, 0.3) is 0 Å². The fraction of sp³-hybridized carbons (Fsp3) is 0.611. The minimum Gasteiger partial charge on any atom is -0.379 e. The second-order valence-electron chi connectivity index (χ2n) is 6.35. The zero-order valence-corrected chi connectivity index (χ0v) is 17.0. The van der Waals surface area contributed by atoms with E-state index in [1.807, 2.05) is 12.1 Å². The monoisotopic (exact) mass is 462 g/mol. The zero-order valence-electron chi connectivity index (χ0n) is 14.7. The van der Waals surface area contributed by atoms with E-state index in [1.54, 1.807) is 0 Å². The number of hydrogen-bond donors (Lipinski definition) is 2. The number of rotatable bonds is 6. The van der Waals surface area contributed by atoms with Crippen molar-refractivity contribution in [1.29, 1.82) is 0 Å². The van der Waals surface area contributed by atoms with E-state index >= 15 is 0 Å². The smallest absolute Gasteiger partial charge is 0.191 e. The summed E-state index contributed by atoms with van der Waals surface area (Å²) in [5, 5.41) is 6.75. The number of benzene rings is 1. The van der Waals surface area contributed by atoms with Crippen LogP contribution in [0.25, 0.3) is 0 Å². The van der Waals surface area contributed by atoms with Crippen LogP contribution in [0.15, 0.2) is 29.3 Å². The van der Waals surface area contributed by atoms with Gasteiger partial charge in [0.05, 0.1) is 25.8 Å². The largest absolute Gasteiger partial charge is 0.379 e. The van der Waals surface area contributed by atoms with Gasteiger partial charge in [-0.1, -0.05) is 12.1 Å². The van der Waals surface area contributed by atoms with Crippen molar-refractivity contribution in [3.8, 4) is 0 Å². The van der Waals surface area contributed by atoms with Crippen molar-refractivity contribution in [2.45, 2.75) is 31.8 Å². The van der Waals surface area contributed by atoms with Gasteiger partial charge in [0.2, 0.25) is 0 Å². The van der Waals surface area contributed by atoms with E-state index < -0.39 is 0 Å². The van der Waals surface area contributed by atoms with Crippen LogP contribution >= 0.6 is 24.0 Å². The lowest BCUT2D eigenvalue weighted by molar-refractivity contribution is 0.0179. The van der Waals surface area contributed by atoms with Crippen molar-refractivity contribution in [3.63, 3.8) is 0 Å². The molecule has 2 N–H and O–H groups in total. The van der Waals surface area contributed by atoms with Gasteiger partial charge in [-0.05, 0) is 37.5 Å². The van der Waals surface area contributed by atoms with E-state index in [1.165, 1.54) is 25.0 Å². The van der Waals surface area contributed by atoms with Crippen LogP contribution in [0.4, 0.5) is 4.39 Å². The molecule has 1 atom stereocenters. The summed E-state index contributed by atoms with van der Waals surface area (Å²) >= 11 is 0. The van der Waals surface area contributed by atoms with Crippen LogP contribution in [0.3, 0.4) is 0 Å². The predicted molar refractivity (Wildman–Crippen MR) is 109 cm³/mol. The Hall–Kier alpha value is -0.930. The molecule has 5 nitrogen and oxygen atoms in total. The van der Waals surface area contributed by atoms with Crippen molar-refractivity contribution in [2.24, 2.45) is 4.99 Å². The number of morpholine rings is 1. The van der Waals surface area contributed by atoms with Gasteiger partial charge in [0.15, 0.2) is 5.96 Å². The van der Waals surface area contributed by atoms with E-state index in [4.69, 9.17) is 9.73 Å². The molecule has 0 aromatic heterocycles. The molecule has 1 aliphatic heterocycles. The molecule has 140 valence electrons. The third-order valence-electron chi connectivity index (χ3n) is 4.43. The third kappa shape index (κ3) is 6.38. The normalized spacial score (nSPS) is 19.8. The highest BCUT2D eigenvalue weighted by Gasteiger charge is 2.24. The average molecular weight is 462 g/mol. The highest BCUT2D eigenvalue weighted by molar-refractivity contribution is 14.0. The Bertz CT molecular complexity index is 545. The molecular weight excluding hydrogens is 434 g/mol. The quantitative estimate of drug-likeness (QED) is 0.388. The van der Waals surface area contributed by atoms with Crippen LogP contribution in [0.2, 0.25) is 0 Å². The number of guanidine groups is 1.